The number of hydrogen-bond acceptors (Lipinski definition) is 4. The van der Waals surface area contributed by atoms with Crippen molar-refractivity contribution in [3.05, 3.63) is 16.3 Å². The third kappa shape index (κ3) is 4.36. The van der Waals surface area contributed by atoms with Gasteiger partial charge in [-0.2, -0.15) is 0 Å². The molecule has 1 rings (SSSR count). The molecule has 0 saturated heterocycles. The van der Waals surface area contributed by atoms with Crippen molar-refractivity contribution in [2.24, 2.45) is 5.92 Å². The van der Waals surface area contributed by atoms with Gasteiger partial charge in [-0.3, -0.25) is 4.79 Å². The normalized spacial score (nSPS) is 14.1. The molecule has 0 saturated carbocycles. The Kier molecular flexibility index (Phi) is 5.44. The van der Waals surface area contributed by atoms with Gasteiger partial charge in [0.25, 0.3) is 5.91 Å². The summed E-state index contributed by atoms with van der Waals surface area (Å²) < 4.78 is 5.09. The molecule has 5 heteroatoms. The van der Waals surface area contributed by atoms with E-state index in [4.69, 9.17) is 4.74 Å². The van der Waals surface area contributed by atoms with Crippen LogP contribution in [-0.4, -0.2) is 30.8 Å². The molecule has 0 aliphatic heterocycles. The molecule has 1 aromatic rings. The molecule has 2 unspecified atom stereocenters. The van der Waals surface area contributed by atoms with Gasteiger partial charge in [0.1, 0.15) is 10.6 Å². The minimum atomic E-state index is -0.335. The number of ether oxygens (including phenoxy) is 1. The largest absolute Gasteiger partial charge is 0.495 e. The summed E-state index contributed by atoms with van der Waals surface area (Å²) >= 11 is 1.36. The van der Waals surface area contributed by atoms with E-state index in [-0.39, 0.29) is 17.9 Å². The molecule has 2 atom stereocenters. The third-order valence-electron chi connectivity index (χ3n) is 2.41. The summed E-state index contributed by atoms with van der Waals surface area (Å²) in [5, 5.41) is 13.9. The minimum Gasteiger partial charge on any atom is -0.495 e. The SMILES string of the molecule is COc1ccsc1C(=O)NCC(C)CC(C)O. The maximum atomic E-state index is 11.8. The predicted octanol–water partition coefficient (Wildman–Crippen LogP) is 1.89. The maximum Gasteiger partial charge on any atom is 0.265 e. The van der Waals surface area contributed by atoms with Gasteiger partial charge >= 0.3 is 0 Å². The molecule has 0 radical (unpaired) electrons. The number of nitrogens with one attached hydrogen (secondary N) is 1. The Bertz CT molecular complexity index is 362. The van der Waals surface area contributed by atoms with E-state index >= 15 is 0 Å². The first-order valence-corrected chi connectivity index (χ1v) is 6.50. The van der Waals surface area contributed by atoms with Crippen molar-refractivity contribution in [1.29, 1.82) is 0 Å². The number of thiophene rings is 1. The third-order valence-corrected chi connectivity index (χ3v) is 3.30. The molecule has 1 heterocycles. The summed E-state index contributed by atoms with van der Waals surface area (Å²) in [6.07, 6.45) is 0.347. The van der Waals surface area contributed by atoms with Crippen LogP contribution in [0.15, 0.2) is 11.4 Å². The van der Waals surface area contributed by atoms with E-state index in [2.05, 4.69) is 5.32 Å². The topological polar surface area (TPSA) is 58.6 Å². The van der Waals surface area contributed by atoms with E-state index in [0.717, 1.165) is 0 Å². The van der Waals surface area contributed by atoms with Crippen molar-refractivity contribution in [2.45, 2.75) is 26.4 Å². The first-order valence-electron chi connectivity index (χ1n) is 5.62. The zero-order valence-electron chi connectivity index (χ0n) is 10.4. The second kappa shape index (κ2) is 6.61. The van der Waals surface area contributed by atoms with Crippen LogP contribution in [0.1, 0.15) is 29.9 Å². The smallest absolute Gasteiger partial charge is 0.265 e. The molecule has 2 N–H and O–H groups in total. The number of rotatable bonds is 6. The fourth-order valence-corrected chi connectivity index (χ4v) is 2.41. The number of carbonyl (C=O) groups excluding carboxylic acids is 1. The van der Waals surface area contributed by atoms with Crippen LogP contribution in [0, 0.1) is 5.92 Å². The van der Waals surface area contributed by atoms with Crippen LogP contribution in [-0.2, 0) is 0 Å². The molecule has 96 valence electrons. The molecular formula is C12H19NO3S. The van der Waals surface area contributed by atoms with Gasteiger partial charge in [0.15, 0.2) is 0 Å². The van der Waals surface area contributed by atoms with Crippen LogP contribution in [0.2, 0.25) is 0 Å². The van der Waals surface area contributed by atoms with E-state index in [9.17, 15) is 9.90 Å². The molecule has 1 amide bonds. The van der Waals surface area contributed by atoms with Crippen LogP contribution in [0.3, 0.4) is 0 Å². The molecule has 0 aromatic carbocycles. The zero-order chi connectivity index (χ0) is 12.8. The second-order valence-corrected chi connectivity index (χ2v) is 5.13. The van der Waals surface area contributed by atoms with E-state index in [1.807, 2.05) is 12.3 Å². The number of carbonyl (C=O) groups is 1. The average molecular weight is 257 g/mol. The van der Waals surface area contributed by atoms with Gasteiger partial charge in [-0.1, -0.05) is 6.92 Å². The highest BCUT2D eigenvalue weighted by Gasteiger charge is 2.14. The Morgan fingerprint density at radius 1 is 1.59 bits per heavy atom. The molecule has 0 spiro atoms. The molecule has 0 bridgehead atoms. The predicted molar refractivity (Wildman–Crippen MR) is 68.7 cm³/mol. The fraction of sp³-hybridized carbons (Fsp3) is 0.583. The van der Waals surface area contributed by atoms with Gasteiger partial charge in [-0.15, -0.1) is 11.3 Å². The van der Waals surface area contributed by atoms with Crippen LogP contribution in [0.5, 0.6) is 5.75 Å². The van der Waals surface area contributed by atoms with Crippen molar-refractivity contribution >= 4 is 17.2 Å². The van der Waals surface area contributed by atoms with Gasteiger partial charge in [-0.25, -0.2) is 0 Å². The molecular weight excluding hydrogens is 238 g/mol. The summed E-state index contributed by atoms with van der Waals surface area (Å²) in [6, 6.07) is 1.78. The molecule has 4 nitrogen and oxygen atoms in total. The van der Waals surface area contributed by atoms with E-state index < -0.39 is 0 Å². The molecule has 17 heavy (non-hydrogen) atoms. The van der Waals surface area contributed by atoms with Gasteiger partial charge in [0.2, 0.25) is 0 Å². The molecule has 0 fully saturated rings. The van der Waals surface area contributed by atoms with Gasteiger partial charge in [0.05, 0.1) is 13.2 Å². The monoisotopic (exact) mass is 257 g/mol. The molecule has 0 aliphatic carbocycles. The van der Waals surface area contributed by atoms with E-state index in [1.54, 1.807) is 20.1 Å². The number of aliphatic hydroxyl groups excluding tert-OH is 1. The maximum absolute atomic E-state index is 11.8. The lowest BCUT2D eigenvalue weighted by Crippen LogP contribution is -2.29. The first-order chi connectivity index (χ1) is 8.04. The van der Waals surface area contributed by atoms with Crippen molar-refractivity contribution in [1.82, 2.24) is 5.32 Å². The standard InChI is InChI=1S/C12H19NO3S/c1-8(6-9(2)14)7-13-12(15)11-10(16-3)4-5-17-11/h4-5,8-9,14H,6-7H2,1-3H3,(H,13,15). The number of methoxy groups -OCH3 is 1. The Hall–Kier alpha value is -1.07. The summed E-state index contributed by atoms with van der Waals surface area (Å²) in [4.78, 5) is 12.4. The Morgan fingerprint density at radius 3 is 2.88 bits per heavy atom. The highest BCUT2D eigenvalue weighted by molar-refractivity contribution is 7.12. The van der Waals surface area contributed by atoms with Gasteiger partial charge < -0.3 is 15.2 Å². The van der Waals surface area contributed by atoms with Crippen LogP contribution in [0.25, 0.3) is 0 Å². The Morgan fingerprint density at radius 2 is 2.29 bits per heavy atom. The van der Waals surface area contributed by atoms with Gasteiger partial charge in [0, 0.05) is 6.54 Å². The first kappa shape index (κ1) is 14.0. The summed E-state index contributed by atoms with van der Waals surface area (Å²) in [5.74, 6) is 0.745. The average Bonchev–Trinajstić information content (AvgIpc) is 2.72. The van der Waals surface area contributed by atoms with Crippen LogP contribution in [0.4, 0.5) is 0 Å². The lowest BCUT2D eigenvalue weighted by molar-refractivity contribution is 0.0940. The second-order valence-electron chi connectivity index (χ2n) is 4.22. The molecule has 0 aliphatic rings. The lowest BCUT2D eigenvalue weighted by Gasteiger charge is -2.14. The van der Waals surface area contributed by atoms with Gasteiger partial charge in [-0.05, 0) is 30.7 Å². The number of amides is 1. The summed E-state index contributed by atoms with van der Waals surface area (Å²) in [5.41, 5.74) is 0. The van der Waals surface area contributed by atoms with E-state index in [1.165, 1.54) is 11.3 Å². The lowest BCUT2D eigenvalue weighted by atomic mass is 10.0. The highest BCUT2D eigenvalue weighted by atomic mass is 32.1. The van der Waals surface area contributed by atoms with Crippen molar-refractivity contribution < 1.29 is 14.6 Å². The van der Waals surface area contributed by atoms with E-state index in [0.29, 0.717) is 23.6 Å². The number of hydrogen-bond donors (Lipinski definition) is 2. The Balaban J connectivity index is 2.45. The van der Waals surface area contributed by atoms with Crippen molar-refractivity contribution in [3.63, 3.8) is 0 Å². The van der Waals surface area contributed by atoms with Crippen molar-refractivity contribution in [2.75, 3.05) is 13.7 Å². The summed E-state index contributed by atoms with van der Waals surface area (Å²) in [7, 11) is 1.55. The number of aliphatic hydroxyl groups is 1. The quantitative estimate of drug-likeness (QED) is 0.818. The minimum absolute atomic E-state index is 0.116. The highest BCUT2D eigenvalue weighted by Crippen LogP contribution is 2.24. The fourth-order valence-electron chi connectivity index (χ4n) is 1.64. The van der Waals surface area contributed by atoms with Crippen LogP contribution >= 0.6 is 11.3 Å². The Labute approximate surface area is 106 Å². The molecule has 1 aromatic heterocycles. The zero-order valence-corrected chi connectivity index (χ0v) is 11.2. The summed E-state index contributed by atoms with van der Waals surface area (Å²) in [6.45, 7) is 4.31. The van der Waals surface area contributed by atoms with Crippen molar-refractivity contribution in [3.8, 4) is 5.75 Å². The van der Waals surface area contributed by atoms with Crippen LogP contribution < -0.4 is 10.1 Å².